The first-order valence-corrected chi connectivity index (χ1v) is 7.66. The van der Waals surface area contributed by atoms with Crippen LogP contribution in [0.15, 0.2) is 25.0 Å². The quantitative estimate of drug-likeness (QED) is 0.853. The third kappa shape index (κ3) is 3.40. The van der Waals surface area contributed by atoms with E-state index in [1.54, 1.807) is 11.3 Å². The van der Waals surface area contributed by atoms with Gasteiger partial charge in [0.2, 0.25) is 0 Å². The van der Waals surface area contributed by atoms with Gasteiger partial charge < -0.3 is 9.73 Å². The Morgan fingerprint density at radius 3 is 2.82 bits per heavy atom. The van der Waals surface area contributed by atoms with Gasteiger partial charge in [0, 0.05) is 24.0 Å². The van der Waals surface area contributed by atoms with Crippen molar-refractivity contribution >= 4 is 43.2 Å². The van der Waals surface area contributed by atoms with Crippen molar-refractivity contribution in [2.24, 2.45) is 0 Å². The van der Waals surface area contributed by atoms with E-state index in [1.807, 2.05) is 6.07 Å². The second kappa shape index (κ2) is 5.65. The predicted molar refractivity (Wildman–Crippen MR) is 77.2 cm³/mol. The van der Waals surface area contributed by atoms with E-state index in [9.17, 15) is 0 Å². The highest BCUT2D eigenvalue weighted by atomic mass is 79.9. The summed E-state index contributed by atoms with van der Waals surface area (Å²) in [6.07, 6.45) is 0. The third-order valence-electron chi connectivity index (χ3n) is 2.10. The van der Waals surface area contributed by atoms with E-state index in [2.05, 4.69) is 61.4 Å². The van der Waals surface area contributed by atoms with Gasteiger partial charge in [0.15, 0.2) is 15.4 Å². The summed E-state index contributed by atoms with van der Waals surface area (Å²) in [4.78, 5) is 4.53. The number of halogens is 2. The summed E-state index contributed by atoms with van der Waals surface area (Å²) >= 11 is 8.30. The molecule has 0 spiro atoms. The number of rotatable bonds is 4. The van der Waals surface area contributed by atoms with Crippen molar-refractivity contribution in [3.8, 4) is 10.8 Å². The number of nitrogens with one attached hydrogen (secondary N) is 1. The van der Waals surface area contributed by atoms with Crippen LogP contribution in [0.25, 0.3) is 10.8 Å². The van der Waals surface area contributed by atoms with E-state index >= 15 is 0 Å². The van der Waals surface area contributed by atoms with E-state index in [1.165, 1.54) is 0 Å². The lowest BCUT2D eigenvalue weighted by atomic mass is 10.3. The molecule has 0 radical (unpaired) electrons. The van der Waals surface area contributed by atoms with Crippen LogP contribution in [0, 0.1) is 0 Å². The van der Waals surface area contributed by atoms with Gasteiger partial charge in [-0.25, -0.2) is 4.98 Å². The molecule has 0 aliphatic carbocycles. The lowest BCUT2D eigenvalue weighted by Crippen LogP contribution is -2.21. The molecular weight excluding hydrogens is 368 g/mol. The Labute approximate surface area is 121 Å². The molecule has 2 aromatic rings. The molecule has 6 heteroatoms. The van der Waals surface area contributed by atoms with E-state index in [4.69, 9.17) is 4.42 Å². The van der Waals surface area contributed by atoms with Crippen molar-refractivity contribution in [3.63, 3.8) is 0 Å². The summed E-state index contributed by atoms with van der Waals surface area (Å²) in [6, 6.07) is 2.38. The number of aromatic nitrogens is 1. The number of thiazole rings is 1. The summed E-state index contributed by atoms with van der Waals surface area (Å²) in [5, 5.41) is 6.29. The van der Waals surface area contributed by atoms with Gasteiger partial charge in [0.25, 0.3) is 0 Å². The van der Waals surface area contributed by atoms with Gasteiger partial charge in [-0.3, -0.25) is 0 Å². The first-order valence-electron chi connectivity index (χ1n) is 5.19. The van der Waals surface area contributed by atoms with Gasteiger partial charge in [-0.05, 0) is 31.9 Å². The van der Waals surface area contributed by atoms with Gasteiger partial charge in [-0.15, -0.1) is 11.3 Å². The summed E-state index contributed by atoms with van der Waals surface area (Å²) in [5.74, 6) is 0.782. The minimum atomic E-state index is 0.465. The molecule has 0 saturated heterocycles. The lowest BCUT2D eigenvalue weighted by molar-refractivity contribution is 0.552. The van der Waals surface area contributed by atoms with Crippen LogP contribution in [0.5, 0.6) is 0 Å². The number of hydrogen-bond donors (Lipinski definition) is 1. The Balaban J connectivity index is 2.12. The van der Waals surface area contributed by atoms with Crippen LogP contribution in [-0.2, 0) is 6.54 Å². The van der Waals surface area contributed by atoms with Crippen LogP contribution >= 0.6 is 43.2 Å². The first-order chi connectivity index (χ1) is 8.06. The monoisotopic (exact) mass is 378 g/mol. The highest BCUT2D eigenvalue weighted by Crippen LogP contribution is 2.34. The fourth-order valence-electron chi connectivity index (χ4n) is 1.26. The van der Waals surface area contributed by atoms with Gasteiger partial charge in [0.05, 0.1) is 10.2 Å². The smallest absolute Gasteiger partial charge is 0.184 e. The fraction of sp³-hybridized carbons (Fsp3) is 0.364. The minimum absolute atomic E-state index is 0.465. The molecule has 0 amide bonds. The van der Waals surface area contributed by atoms with Crippen molar-refractivity contribution in [1.29, 1.82) is 0 Å². The zero-order chi connectivity index (χ0) is 12.4. The first kappa shape index (κ1) is 13.3. The van der Waals surface area contributed by atoms with Crippen molar-refractivity contribution in [2.45, 2.75) is 26.4 Å². The van der Waals surface area contributed by atoms with Crippen molar-refractivity contribution in [1.82, 2.24) is 10.3 Å². The average Bonchev–Trinajstić information content (AvgIpc) is 2.84. The molecule has 0 saturated carbocycles. The van der Waals surface area contributed by atoms with Gasteiger partial charge in [0.1, 0.15) is 0 Å². The summed E-state index contributed by atoms with van der Waals surface area (Å²) < 4.78 is 7.14. The topological polar surface area (TPSA) is 38.1 Å². The van der Waals surface area contributed by atoms with Crippen molar-refractivity contribution in [3.05, 3.63) is 26.3 Å². The molecule has 3 nitrogen and oxygen atoms in total. The molecule has 92 valence electrons. The molecule has 0 aliphatic rings. The second-order valence-electron chi connectivity index (χ2n) is 3.91. The molecule has 2 heterocycles. The number of hydrogen-bond acceptors (Lipinski definition) is 4. The summed E-state index contributed by atoms with van der Waals surface area (Å²) in [5.41, 5.74) is 1.04. The maximum atomic E-state index is 5.54. The van der Waals surface area contributed by atoms with Crippen molar-refractivity contribution in [2.75, 3.05) is 0 Å². The van der Waals surface area contributed by atoms with Gasteiger partial charge in [-0.1, -0.05) is 13.8 Å². The van der Waals surface area contributed by atoms with E-state index in [-0.39, 0.29) is 0 Å². The van der Waals surface area contributed by atoms with E-state index < -0.39 is 0 Å². The highest BCUT2D eigenvalue weighted by molar-refractivity contribution is 9.13. The standard InChI is InChI=1S/C11H12Br2N2OS/c1-6(2)14-4-7-5-17-11(15-7)9-3-8(12)10(13)16-9/h3,5-6,14H,4H2,1-2H3. The number of furan rings is 1. The summed E-state index contributed by atoms with van der Waals surface area (Å²) in [7, 11) is 0. The maximum absolute atomic E-state index is 5.54. The largest absolute Gasteiger partial charge is 0.446 e. The molecule has 0 fully saturated rings. The van der Waals surface area contributed by atoms with Crippen LogP contribution in [0.3, 0.4) is 0 Å². The Bertz CT molecular complexity index is 488. The fourth-order valence-corrected chi connectivity index (χ4v) is 2.61. The molecule has 1 N–H and O–H groups in total. The zero-order valence-electron chi connectivity index (χ0n) is 9.46. The summed E-state index contributed by atoms with van der Waals surface area (Å²) in [6.45, 7) is 5.03. The third-order valence-corrected chi connectivity index (χ3v) is 4.71. The van der Waals surface area contributed by atoms with E-state index in [0.29, 0.717) is 10.7 Å². The molecule has 0 bridgehead atoms. The molecular formula is C11H12Br2N2OS. The average molecular weight is 380 g/mol. The highest BCUT2D eigenvalue weighted by Gasteiger charge is 2.12. The Morgan fingerprint density at radius 2 is 2.24 bits per heavy atom. The Morgan fingerprint density at radius 1 is 1.47 bits per heavy atom. The van der Waals surface area contributed by atoms with Crippen LogP contribution in [0.1, 0.15) is 19.5 Å². The Kier molecular flexibility index (Phi) is 4.41. The molecule has 0 atom stereocenters. The maximum Gasteiger partial charge on any atom is 0.184 e. The van der Waals surface area contributed by atoms with Gasteiger partial charge in [-0.2, -0.15) is 0 Å². The molecule has 2 aromatic heterocycles. The molecule has 0 unspecified atom stereocenters. The Hall–Kier alpha value is -0.170. The molecule has 2 rings (SSSR count). The second-order valence-corrected chi connectivity index (χ2v) is 6.34. The minimum Gasteiger partial charge on any atom is -0.446 e. The number of nitrogens with zero attached hydrogens (tertiary/aromatic N) is 1. The SMILES string of the molecule is CC(C)NCc1csc(-c2cc(Br)c(Br)o2)n1. The molecule has 0 aliphatic heterocycles. The molecule has 17 heavy (non-hydrogen) atoms. The van der Waals surface area contributed by atoms with Gasteiger partial charge >= 0.3 is 0 Å². The van der Waals surface area contributed by atoms with Crippen LogP contribution in [-0.4, -0.2) is 11.0 Å². The normalized spacial score (nSPS) is 11.4. The van der Waals surface area contributed by atoms with Crippen molar-refractivity contribution < 1.29 is 4.42 Å². The lowest BCUT2D eigenvalue weighted by Gasteiger charge is -2.04. The van der Waals surface area contributed by atoms with Crippen LogP contribution < -0.4 is 5.32 Å². The van der Waals surface area contributed by atoms with Crippen LogP contribution in [0.4, 0.5) is 0 Å². The molecule has 0 aromatic carbocycles. The predicted octanol–water partition coefficient (Wildman–Crippen LogP) is 4.43. The van der Waals surface area contributed by atoms with Crippen LogP contribution in [0.2, 0.25) is 0 Å². The van der Waals surface area contributed by atoms with E-state index in [0.717, 1.165) is 27.5 Å². The zero-order valence-corrected chi connectivity index (χ0v) is 13.4.